The van der Waals surface area contributed by atoms with Gasteiger partial charge < -0.3 is 9.64 Å². The van der Waals surface area contributed by atoms with Gasteiger partial charge in [0.25, 0.3) is 5.88 Å². The van der Waals surface area contributed by atoms with Gasteiger partial charge in [-0.15, -0.1) is 0 Å². The number of aryl methyl sites for hydroxylation is 1. The number of ether oxygens (including phenoxy) is 1. The van der Waals surface area contributed by atoms with Crippen molar-refractivity contribution in [1.29, 1.82) is 0 Å². The first kappa shape index (κ1) is 15.4. The van der Waals surface area contributed by atoms with E-state index in [9.17, 15) is 9.18 Å². The highest BCUT2D eigenvalue weighted by Gasteiger charge is 2.28. The summed E-state index contributed by atoms with van der Waals surface area (Å²) >= 11 is 0. The van der Waals surface area contributed by atoms with Gasteiger partial charge in [-0.05, 0) is 20.3 Å². The van der Waals surface area contributed by atoms with Gasteiger partial charge in [-0.1, -0.05) is 12.5 Å². The molecule has 0 aliphatic carbocycles. The quantitative estimate of drug-likeness (QED) is 0.798. The molecule has 5 nitrogen and oxygen atoms in total. The van der Waals surface area contributed by atoms with E-state index in [1.807, 2.05) is 20.8 Å². The summed E-state index contributed by atoms with van der Waals surface area (Å²) in [5, 5.41) is 0. The van der Waals surface area contributed by atoms with E-state index < -0.39 is 5.82 Å². The predicted octanol–water partition coefficient (Wildman–Crippen LogP) is 2.12. The lowest BCUT2D eigenvalue weighted by Crippen LogP contribution is -2.30. The molecule has 0 saturated carbocycles. The number of carbonyl (C=O) groups excluding carboxylic acids is 1. The minimum Gasteiger partial charge on any atom is -0.470 e. The molecule has 1 fully saturated rings. The van der Waals surface area contributed by atoms with Crippen molar-refractivity contribution in [3.05, 3.63) is 29.5 Å². The summed E-state index contributed by atoms with van der Waals surface area (Å²) in [4.78, 5) is 21.3. The second-order valence-electron chi connectivity index (χ2n) is 5.33. The Balaban J connectivity index is 2.00. The summed E-state index contributed by atoms with van der Waals surface area (Å²) < 4.78 is 19.6. The van der Waals surface area contributed by atoms with Gasteiger partial charge in [-0.3, -0.25) is 4.79 Å². The zero-order chi connectivity index (χ0) is 15.4. The van der Waals surface area contributed by atoms with Crippen molar-refractivity contribution in [3.8, 4) is 5.88 Å². The molecule has 1 aliphatic rings. The van der Waals surface area contributed by atoms with Crippen molar-refractivity contribution in [2.24, 2.45) is 0 Å². The molecule has 21 heavy (non-hydrogen) atoms. The Hall–Kier alpha value is -1.98. The van der Waals surface area contributed by atoms with Gasteiger partial charge in [0, 0.05) is 19.0 Å². The molecule has 1 amide bonds. The zero-order valence-electron chi connectivity index (χ0n) is 12.6. The molecule has 6 heteroatoms. The molecule has 0 aromatic carbocycles. The average Bonchev–Trinajstić information content (AvgIpc) is 2.89. The Labute approximate surface area is 123 Å². The maximum Gasteiger partial charge on any atom is 0.254 e. The lowest BCUT2D eigenvalue weighted by Gasteiger charge is -2.16. The first-order valence-electron chi connectivity index (χ1n) is 7.11. The van der Waals surface area contributed by atoms with E-state index in [-0.39, 0.29) is 17.9 Å². The van der Waals surface area contributed by atoms with Crippen LogP contribution in [0.15, 0.2) is 18.0 Å². The minimum atomic E-state index is -0.505. The molecule has 0 N–H and O–H groups in total. The van der Waals surface area contributed by atoms with Crippen molar-refractivity contribution in [2.75, 3.05) is 13.1 Å². The molecule has 1 aromatic rings. The van der Waals surface area contributed by atoms with Crippen molar-refractivity contribution in [3.63, 3.8) is 0 Å². The summed E-state index contributed by atoms with van der Waals surface area (Å²) in [7, 11) is 0. The standard InChI is InChI=1S/C15H20FN3O2/c1-4-12-14(16)15(18-9-17-12)21-11-5-6-19(8-11)13(20)7-10(2)3/h7,9,11H,4-6,8H2,1-3H3/t11-/m0/s1. The van der Waals surface area contributed by atoms with Crippen molar-refractivity contribution in [2.45, 2.75) is 39.7 Å². The smallest absolute Gasteiger partial charge is 0.254 e. The maximum atomic E-state index is 14.0. The topological polar surface area (TPSA) is 55.3 Å². The number of hydrogen-bond acceptors (Lipinski definition) is 4. The van der Waals surface area contributed by atoms with Gasteiger partial charge in [-0.2, -0.15) is 9.37 Å². The molecule has 2 rings (SSSR count). The van der Waals surface area contributed by atoms with Crippen LogP contribution in [0.5, 0.6) is 5.88 Å². The second kappa shape index (κ2) is 6.65. The van der Waals surface area contributed by atoms with Crippen LogP contribution in [0.2, 0.25) is 0 Å². The first-order valence-corrected chi connectivity index (χ1v) is 7.11. The Morgan fingerprint density at radius 3 is 2.95 bits per heavy atom. The van der Waals surface area contributed by atoms with Gasteiger partial charge in [0.2, 0.25) is 11.7 Å². The highest BCUT2D eigenvalue weighted by atomic mass is 19.1. The van der Waals surface area contributed by atoms with Crippen LogP contribution in [0.25, 0.3) is 0 Å². The van der Waals surface area contributed by atoms with E-state index >= 15 is 0 Å². The Bertz CT molecular complexity index is 556. The number of likely N-dealkylation sites (tertiary alicyclic amines) is 1. The van der Waals surface area contributed by atoms with Crippen LogP contribution in [0.1, 0.15) is 32.9 Å². The van der Waals surface area contributed by atoms with Gasteiger partial charge in [0.05, 0.1) is 12.2 Å². The van der Waals surface area contributed by atoms with Crippen molar-refractivity contribution < 1.29 is 13.9 Å². The summed E-state index contributed by atoms with van der Waals surface area (Å²) in [5.41, 5.74) is 1.30. The van der Waals surface area contributed by atoms with Crippen LogP contribution >= 0.6 is 0 Å². The third kappa shape index (κ3) is 3.77. The largest absolute Gasteiger partial charge is 0.470 e. The Kier molecular flexibility index (Phi) is 4.88. The zero-order valence-corrected chi connectivity index (χ0v) is 12.6. The van der Waals surface area contributed by atoms with Gasteiger partial charge in [0.15, 0.2) is 0 Å². The molecule has 2 heterocycles. The van der Waals surface area contributed by atoms with Crippen LogP contribution in [0.3, 0.4) is 0 Å². The lowest BCUT2D eigenvalue weighted by molar-refractivity contribution is -0.125. The van der Waals surface area contributed by atoms with E-state index in [2.05, 4.69) is 9.97 Å². The monoisotopic (exact) mass is 293 g/mol. The number of amides is 1. The third-order valence-electron chi connectivity index (χ3n) is 3.31. The number of aromatic nitrogens is 2. The fraction of sp³-hybridized carbons (Fsp3) is 0.533. The van der Waals surface area contributed by atoms with Crippen LogP contribution in [-0.4, -0.2) is 40.0 Å². The van der Waals surface area contributed by atoms with E-state index in [4.69, 9.17) is 4.74 Å². The molecule has 1 atom stereocenters. The fourth-order valence-electron chi connectivity index (χ4n) is 2.24. The van der Waals surface area contributed by atoms with Gasteiger partial charge in [0.1, 0.15) is 12.4 Å². The summed E-state index contributed by atoms with van der Waals surface area (Å²) in [6.07, 6.45) is 3.84. The first-order chi connectivity index (χ1) is 10.0. The van der Waals surface area contributed by atoms with E-state index in [0.29, 0.717) is 31.6 Å². The SMILES string of the molecule is CCc1ncnc(O[C@H]2CCN(C(=O)C=C(C)C)C2)c1F. The molecule has 114 valence electrons. The van der Waals surface area contributed by atoms with E-state index in [0.717, 1.165) is 5.57 Å². The maximum absolute atomic E-state index is 14.0. The molecular weight excluding hydrogens is 273 g/mol. The third-order valence-corrected chi connectivity index (χ3v) is 3.31. The number of halogens is 1. The van der Waals surface area contributed by atoms with Crippen LogP contribution in [0.4, 0.5) is 4.39 Å². The van der Waals surface area contributed by atoms with Gasteiger partial charge in [-0.25, -0.2) is 4.98 Å². The summed E-state index contributed by atoms with van der Waals surface area (Å²) in [6.45, 7) is 6.65. The number of carbonyl (C=O) groups is 1. The fourth-order valence-corrected chi connectivity index (χ4v) is 2.24. The molecule has 0 bridgehead atoms. The van der Waals surface area contributed by atoms with Crippen molar-refractivity contribution in [1.82, 2.24) is 14.9 Å². The van der Waals surface area contributed by atoms with Gasteiger partial charge >= 0.3 is 0 Å². The minimum absolute atomic E-state index is 0.0247. The Morgan fingerprint density at radius 1 is 1.52 bits per heavy atom. The van der Waals surface area contributed by atoms with Crippen LogP contribution < -0.4 is 4.74 Å². The summed E-state index contributed by atoms with van der Waals surface area (Å²) in [6, 6.07) is 0. The molecular formula is C15H20FN3O2. The van der Waals surface area contributed by atoms with E-state index in [1.54, 1.807) is 11.0 Å². The molecule has 0 spiro atoms. The average molecular weight is 293 g/mol. The number of allylic oxidation sites excluding steroid dienone is 1. The molecule has 1 aromatic heterocycles. The predicted molar refractivity (Wildman–Crippen MR) is 76.4 cm³/mol. The molecule has 0 unspecified atom stereocenters. The second-order valence-corrected chi connectivity index (χ2v) is 5.33. The van der Waals surface area contributed by atoms with Crippen LogP contribution in [-0.2, 0) is 11.2 Å². The number of hydrogen-bond donors (Lipinski definition) is 0. The molecule has 1 aliphatic heterocycles. The van der Waals surface area contributed by atoms with E-state index in [1.165, 1.54) is 6.33 Å². The lowest BCUT2D eigenvalue weighted by atomic mass is 10.3. The van der Waals surface area contributed by atoms with Crippen molar-refractivity contribution >= 4 is 5.91 Å². The highest BCUT2D eigenvalue weighted by Crippen LogP contribution is 2.21. The normalized spacial score (nSPS) is 17.7. The highest BCUT2D eigenvalue weighted by molar-refractivity contribution is 5.88. The summed E-state index contributed by atoms with van der Waals surface area (Å²) in [5.74, 6) is -0.559. The number of nitrogens with zero attached hydrogens (tertiary/aromatic N) is 3. The Morgan fingerprint density at radius 2 is 2.29 bits per heavy atom. The molecule has 0 radical (unpaired) electrons. The molecule has 1 saturated heterocycles. The number of rotatable bonds is 4. The van der Waals surface area contributed by atoms with Crippen LogP contribution in [0, 0.1) is 5.82 Å².